The van der Waals surface area contributed by atoms with E-state index >= 15 is 0 Å². The van der Waals surface area contributed by atoms with Crippen LogP contribution in [0.4, 0.5) is 5.13 Å². The average molecular weight is 261 g/mol. The van der Waals surface area contributed by atoms with Crippen molar-refractivity contribution >= 4 is 40.2 Å². The molecule has 0 aromatic carbocycles. The van der Waals surface area contributed by atoms with Crippen molar-refractivity contribution < 1.29 is 0 Å². The second-order valence-electron chi connectivity index (χ2n) is 3.36. The van der Waals surface area contributed by atoms with E-state index < -0.39 is 0 Å². The molecule has 0 radical (unpaired) electrons. The first-order valence-corrected chi connectivity index (χ1v) is 7.99. The normalized spacial score (nSPS) is 26.5. The fraction of sp³-hybridized carbons (Fsp3) is 0.778. The molecule has 1 N–H and O–H groups in total. The number of hydrogen-bond donors (Lipinski definition) is 1. The molecule has 1 saturated heterocycles. The SMILES string of the molecule is CCNc1nc(C2SCCSC2C)ns1. The highest BCUT2D eigenvalue weighted by Crippen LogP contribution is 2.41. The molecule has 0 aliphatic carbocycles. The van der Waals surface area contributed by atoms with Gasteiger partial charge in [-0.15, -0.1) is 11.8 Å². The summed E-state index contributed by atoms with van der Waals surface area (Å²) in [6.45, 7) is 5.26. The summed E-state index contributed by atoms with van der Waals surface area (Å²) in [6.07, 6.45) is 0. The van der Waals surface area contributed by atoms with Crippen LogP contribution >= 0.6 is 35.1 Å². The van der Waals surface area contributed by atoms with Gasteiger partial charge in [-0.25, -0.2) is 4.98 Å². The Morgan fingerprint density at radius 2 is 2.20 bits per heavy atom. The van der Waals surface area contributed by atoms with Crippen molar-refractivity contribution in [3.05, 3.63) is 5.82 Å². The number of aromatic nitrogens is 2. The second kappa shape index (κ2) is 5.41. The molecule has 0 spiro atoms. The predicted octanol–water partition coefficient (Wildman–Crippen LogP) is 2.88. The van der Waals surface area contributed by atoms with E-state index in [0.29, 0.717) is 10.5 Å². The third-order valence-electron chi connectivity index (χ3n) is 2.21. The van der Waals surface area contributed by atoms with Crippen LogP contribution < -0.4 is 5.32 Å². The number of hydrogen-bond acceptors (Lipinski definition) is 6. The molecule has 1 aromatic heterocycles. The fourth-order valence-electron chi connectivity index (χ4n) is 1.49. The first-order chi connectivity index (χ1) is 7.31. The number of nitrogens with zero attached hydrogens (tertiary/aromatic N) is 2. The van der Waals surface area contributed by atoms with Crippen molar-refractivity contribution in [1.82, 2.24) is 9.36 Å². The number of rotatable bonds is 3. The summed E-state index contributed by atoms with van der Waals surface area (Å²) in [7, 11) is 0. The summed E-state index contributed by atoms with van der Waals surface area (Å²) in [6, 6.07) is 0. The molecule has 0 saturated carbocycles. The molecule has 0 amide bonds. The molecule has 2 rings (SSSR count). The van der Waals surface area contributed by atoms with Gasteiger partial charge in [-0.3, -0.25) is 0 Å². The first kappa shape index (κ1) is 11.5. The third kappa shape index (κ3) is 2.79. The highest BCUT2D eigenvalue weighted by atomic mass is 32.2. The lowest BCUT2D eigenvalue weighted by Crippen LogP contribution is -2.16. The molecular weight excluding hydrogens is 246 g/mol. The number of anilines is 1. The molecule has 3 nitrogen and oxygen atoms in total. The summed E-state index contributed by atoms with van der Waals surface area (Å²) in [5.74, 6) is 3.49. The Bertz CT molecular complexity index is 315. The van der Waals surface area contributed by atoms with Gasteiger partial charge in [-0.05, 0) is 6.92 Å². The van der Waals surface area contributed by atoms with E-state index in [2.05, 4.69) is 28.5 Å². The topological polar surface area (TPSA) is 37.8 Å². The third-order valence-corrected chi connectivity index (χ3v) is 5.99. The molecular formula is C9H15N3S3. The van der Waals surface area contributed by atoms with Gasteiger partial charge in [0, 0.05) is 34.8 Å². The van der Waals surface area contributed by atoms with Crippen LogP contribution in [0.3, 0.4) is 0 Å². The van der Waals surface area contributed by atoms with Crippen LogP contribution in [0, 0.1) is 0 Å². The van der Waals surface area contributed by atoms with E-state index in [9.17, 15) is 0 Å². The van der Waals surface area contributed by atoms with Crippen molar-refractivity contribution in [2.45, 2.75) is 24.3 Å². The lowest BCUT2D eigenvalue weighted by atomic mass is 10.3. The van der Waals surface area contributed by atoms with Gasteiger partial charge < -0.3 is 5.32 Å². The zero-order valence-corrected chi connectivity index (χ0v) is 11.3. The van der Waals surface area contributed by atoms with Crippen molar-refractivity contribution in [3.8, 4) is 0 Å². The summed E-state index contributed by atoms with van der Waals surface area (Å²) >= 11 is 5.49. The van der Waals surface area contributed by atoms with E-state index in [1.807, 2.05) is 23.5 Å². The van der Waals surface area contributed by atoms with Crippen LogP contribution in [0.2, 0.25) is 0 Å². The van der Waals surface area contributed by atoms with Crippen LogP contribution in [0.25, 0.3) is 0 Å². The molecule has 1 aliphatic rings. The van der Waals surface area contributed by atoms with Gasteiger partial charge in [-0.1, -0.05) is 6.92 Å². The standard InChI is InChI=1S/C9H15N3S3/c1-3-10-9-11-8(12-15-9)7-6(2)13-4-5-14-7/h6-7H,3-5H2,1-2H3,(H,10,11,12). The Labute approximate surface area is 103 Å². The van der Waals surface area contributed by atoms with Gasteiger partial charge in [0.15, 0.2) is 5.82 Å². The largest absolute Gasteiger partial charge is 0.361 e. The van der Waals surface area contributed by atoms with Gasteiger partial charge in [0.2, 0.25) is 5.13 Å². The summed E-state index contributed by atoms with van der Waals surface area (Å²) in [5.41, 5.74) is 0. The zero-order valence-electron chi connectivity index (χ0n) is 8.90. The maximum absolute atomic E-state index is 4.54. The van der Waals surface area contributed by atoms with E-state index in [-0.39, 0.29) is 0 Å². The van der Waals surface area contributed by atoms with Crippen LogP contribution in [-0.2, 0) is 0 Å². The van der Waals surface area contributed by atoms with Crippen LogP contribution in [0.15, 0.2) is 0 Å². The van der Waals surface area contributed by atoms with Gasteiger partial charge in [0.05, 0.1) is 5.25 Å². The first-order valence-electron chi connectivity index (χ1n) is 5.12. The lowest BCUT2D eigenvalue weighted by Gasteiger charge is -2.25. The minimum absolute atomic E-state index is 0.479. The lowest BCUT2D eigenvalue weighted by molar-refractivity contribution is 0.849. The minimum Gasteiger partial charge on any atom is -0.361 e. The quantitative estimate of drug-likeness (QED) is 0.905. The number of thioether (sulfide) groups is 2. The fourth-order valence-corrected chi connectivity index (χ4v) is 4.92. The van der Waals surface area contributed by atoms with Crippen molar-refractivity contribution in [3.63, 3.8) is 0 Å². The Morgan fingerprint density at radius 1 is 1.40 bits per heavy atom. The minimum atomic E-state index is 0.479. The van der Waals surface area contributed by atoms with Crippen LogP contribution in [0.1, 0.15) is 24.9 Å². The smallest absolute Gasteiger partial charge is 0.202 e. The van der Waals surface area contributed by atoms with Gasteiger partial charge >= 0.3 is 0 Å². The Hall–Kier alpha value is 0.0600. The van der Waals surface area contributed by atoms with Crippen molar-refractivity contribution in [2.75, 3.05) is 23.4 Å². The van der Waals surface area contributed by atoms with Crippen LogP contribution in [-0.4, -0.2) is 32.7 Å². The molecule has 15 heavy (non-hydrogen) atoms. The Kier molecular flexibility index (Phi) is 4.16. The molecule has 0 bridgehead atoms. The Balaban J connectivity index is 2.06. The molecule has 2 heterocycles. The summed E-state index contributed by atoms with van der Waals surface area (Å²) in [4.78, 5) is 4.54. The monoisotopic (exact) mass is 261 g/mol. The van der Waals surface area contributed by atoms with Gasteiger partial charge in [0.1, 0.15) is 0 Å². The summed E-state index contributed by atoms with van der Waals surface area (Å²) in [5, 5.41) is 5.28. The molecule has 1 aliphatic heterocycles. The van der Waals surface area contributed by atoms with E-state index in [1.165, 1.54) is 23.0 Å². The van der Waals surface area contributed by atoms with Crippen molar-refractivity contribution in [2.24, 2.45) is 0 Å². The highest BCUT2D eigenvalue weighted by Gasteiger charge is 2.27. The predicted molar refractivity (Wildman–Crippen MR) is 71.2 cm³/mol. The maximum atomic E-state index is 4.54. The van der Waals surface area contributed by atoms with Crippen molar-refractivity contribution in [1.29, 1.82) is 0 Å². The highest BCUT2D eigenvalue weighted by molar-refractivity contribution is 8.06. The molecule has 1 aromatic rings. The Morgan fingerprint density at radius 3 is 2.93 bits per heavy atom. The summed E-state index contributed by atoms with van der Waals surface area (Å²) < 4.78 is 4.44. The second-order valence-corrected chi connectivity index (χ2v) is 6.84. The van der Waals surface area contributed by atoms with Gasteiger partial charge in [-0.2, -0.15) is 16.1 Å². The molecule has 84 valence electrons. The maximum Gasteiger partial charge on any atom is 0.202 e. The van der Waals surface area contributed by atoms with Crippen LogP contribution in [0.5, 0.6) is 0 Å². The van der Waals surface area contributed by atoms with E-state index in [0.717, 1.165) is 17.5 Å². The van der Waals surface area contributed by atoms with E-state index in [4.69, 9.17) is 0 Å². The van der Waals surface area contributed by atoms with E-state index in [1.54, 1.807) is 0 Å². The molecule has 2 unspecified atom stereocenters. The zero-order chi connectivity index (χ0) is 10.7. The number of nitrogens with one attached hydrogen (secondary N) is 1. The van der Waals surface area contributed by atoms with Gasteiger partial charge in [0.25, 0.3) is 0 Å². The molecule has 2 atom stereocenters. The molecule has 6 heteroatoms. The average Bonchev–Trinajstić information content (AvgIpc) is 2.68. The molecule has 1 fully saturated rings.